The molecule has 2 saturated heterocycles. The smallest absolute Gasteiger partial charge is 0.255 e. The molecule has 3 aliphatic rings. The van der Waals surface area contributed by atoms with Crippen molar-refractivity contribution in [3.8, 4) is 0 Å². The maximum atomic E-state index is 13.1. The van der Waals surface area contributed by atoms with Gasteiger partial charge in [0.2, 0.25) is 5.91 Å². The number of ketones is 1. The van der Waals surface area contributed by atoms with E-state index in [1.165, 1.54) is 19.3 Å². The number of likely N-dealkylation sites (tertiary alicyclic amines) is 1. The summed E-state index contributed by atoms with van der Waals surface area (Å²) in [4.78, 5) is 31.6. The number of carbonyl (C=O) groups excluding carboxylic acids is 2. The van der Waals surface area contributed by atoms with Crippen LogP contribution in [0.15, 0.2) is 0 Å². The third-order valence-electron chi connectivity index (χ3n) is 5.68. The van der Waals surface area contributed by atoms with Gasteiger partial charge in [0.05, 0.1) is 12.5 Å². The first-order valence-electron chi connectivity index (χ1n) is 8.84. The zero-order valence-corrected chi connectivity index (χ0v) is 14.7. The van der Waals surface area contributed by atoms with E-state index in [4.69, 9.17) is 6.57 Å². The lowest BCUT2D eigenvalue weighted by atomic mass is 9.74. The van der Waals surface area contributed by atoms with Crippen molar-refractivity contribution in [2.75, 3.05) is 25.1 Å². The Kier molecular flexibility index (Phi) is 5.21. The van der Waals surface area contributed by atoms with Gasteiger partial charge in [-0.3, -0.25) is 4.79 Å². The zero-order valence-electron chi connectivity index (χ0n) is 13.9. The predicted octanol–water partition coefficient (Wildman–Crippen LogP) is 2.95. The third kappa shape index (κ3) is 3.24. The fraction of sp³-hybridized carbons (Fsp3) is 0.778. The molecule has 0 bridgehead atoms. The Hall–Kier alpha value is -1.15. The Bertz CT molecular complexity index is 564. The summed E-state index contributed by atoms with van der Waals surface area (Å²) >= 11 is 0. The van der Waals surface area contributed by atoms with E-state index < -0.39 is 0 Å². The summed E-state index contributed by atoms with van der Waals surface area (Å²) in [5, 5.41) is 0. The Balaban J connectivity index is 1.86. The minimum Gasteiger partial charge on any atom is -0.345 e. The van der Waals surface area contributed by atoms with E-state index in [0.717, 1.165) is 37.2 Å². The Morgan fingerprint density at radius 2 is 1.83 bits per heavy atom. The van der Waals surface area contributed by atoms with Crippen LogP contribution in [-0.4, -0.2) is 46.7 Å². The summed E-state index contributed by atoms with van der Waals surface area (Å²) in [7, 11) is 1.66. The first kappa shape index (κ1) is 16.7. The van der Waals surface area contributed by atoms with Crippen LogP contribution in [0.25, 0.3) is 4.85 Å². The highest BCUT2D eigenvalue weighted by Gasteiger charge is 2.47. The molecule has 4 nitrogen and oxygen atoms in total. The van der Waals surface area contributed by atoms with Crippen LogP contribution in [0.2, 0.25) is 0 Å². The zero-order chi connectivity index (χ0) is 16.4. The van der Waals surface area contributed by atoms with Gasteiger partial charge in [-0.25, -0.2) is 4.85 Å². The standard InChI is InChI=1S/C18H26N2O2S/c1-19-17(23-10-6-7-11-23)16(21)14-12-20(2)18(22)15(14)13-8-4-3-5-9-13/h13-15H,3-12H2,2H3/t14-,15+/m0/s1. The van der Waals surface area contributed by atoms with E-state index in [1.807, 2.05) is 0 Å². The minimum atomic E-state index is -0.271. The van der Waals surface area contributed by atoms with Crippen LogP contribution in [-0.2, 0) is 9.59 Å². The van der Waals surface area contributed by atoms with Crippen molar-refractivity contribution in [1.82, 2.24) is 4.90 Å². The summed E-state index contributed by atoms with van der Waals surface area (Å²) in [6.07, 6.45) is 7.97. The van der Waals surface area contributed by atoms with Crippen LogP contribution in [0, 0.1) is 24.3 Å². The van der Waals surface area contributed by atoms with E-state index in [0.29, 0.717) is 17.5 Å². The first-order chi connectivity index (χ1) is 11.1. The average molecular weight is 334 g/mol. The molecular weight excluding hydrogens is 308 g/mol. The van der Waals surface area contributed by atoms with Gasteiger partial charge < -0.3 is 9.69 Å². The molecule has 5 heteroatoms. The van der Waals surface area contributed by atoms with Crippen molar-refractivity contribution in [3.05, 3.63) is 11.4 Å². The summed E-state index contributed by atoms with van der Waals surface area (Å²) in [5.41, 5.74) is 0. The van der Waals surface area contributed by atoms with Gasteiger partial charge in [-0.05, 0) is 43.1 Å². The number of Topliss-reactive ketones (excluding diaryl/α,β-unsaturated/α-hetero) is 1. The quantitative estimate of drug-likeness (QED) is 0.588. The number of nitrogens with zero attached hydrogens (tertiary/aromatic N) is 2. The normalized spacial score (nSPS) is 29.7. The molecule has 0 unspecified atom stereocenters. The van der Waals surface area contributed by atoms with Gasteiger partial charge in [-0.15, -0.1) is 0 Å². The fourth-order valence-electron chi connectivity index (χ4n) is 4.46. The maximum Gasteiger partial charge on any atom is 0.255 e. The van der Waals surface area contributed by atoms with Gasteiger partial charge in [-0.1, -0.05) is 19.3 Å². The number of hydrogen-bond acceptors (Lipinski definition) is 2. The van der Waals surface area contributed by atoms with E-state index in [-0.39, 0.29) is 34.0 Å². The fourth-order valence-corrected chi connectivity index (χ4v) is 6.72. The van der Waals surface area contributed by atoms with E-state index in [9.17, 15) is 9.59 Å². The molecule has 126 valence electrons. The molecule has 1 amide bonds. The van der Waals surface area contributed by atoms with Crippen LogP contribution < -0.4 is 0 Å². The van der Waals surface area contributed by atoms with Crippen LogP contribution >= 0.6 is 10.5 Å². The lowest BCUT2D eigenvalue weighted by Gasteiger charge is -2.29. The molecule has 0 spiro atoms. The van der Waals surface area contributed by atoms with Crippen molar-refractivity contribution >= 4 is 27.2 Å². The highest BCUT2D eigenvalue weighted by molar-refractivity contribution is 8.17. The molecule has 0 aromatic carbocycles. The van der Waals surface area contributed by atoms with Crippen LogP contribution in [0.4, 0.5) is 0 Å². The van der Waals surface area contributed by atoms with Gasteiger partial charge in [0, 0.05) is 19.5 Å². The van der Waals surface area contributed by atoms with Crippen molar-refractivity contribution in [1.29, 1.82) is 0 Å². The van der Waals surface area contributed by atoms with E-state index >= 15 is 0 Å². The van der Waals surface area contributed by atoms with Crippen molar-refractivity contribution in [2.45, 2.75) is 44.9 Å². The van der Waals surface area contributed by atoms with Crippen LogP contribution in [0.5, 0.6) is 0 Å². The first-order valence-corrected chi connectivity index (χ1v) is 10.4. The predicted molar refractivity (Wildman–Crippen MR) is 94.4 cm³/mol. The second kappa shape index (κ2) is 7.17. The molecule has 0 aromatic heterocycles. The minimum absolute atomic E-state index is 0.00138. The largest absolute Gasteiger partial charge is 0.345 e. The Morgan fingerprint density at radius 1 is 1.17 bits per heavy atom. The number of amides is 1. The second-order valence-corrected chi connectivity index (χ2v) is 9.33. The van der Waals surface area contributed by atoms with Crippen molar-refractivity contribution < 1.29 is 9.59 Å². The molecule has 2 heterocycles. The van der Waals surface area contributed by atoms with Crippen molar-refractivity contribution in [2.24, 2.45) is 17.8 Å². The highest BCUT2D eigenvalue weighted by atomic mass is 32.2. The third-order valence-corrected chi connectivity index (χ3v) is 8.08. The van der Waals surface area contributed by atoms with Crippen molar-refractivity contribution in [3.63, 3.8) is 0 Å². The van der Waals surface area contributed by atoms with E-state index in [1.54, 1.807) is 11.9 Å². The number of rotatable bonds is 3. The van der Waals surface area contributed by atoms with Crippen LogP contribution in [0.3, 0.4) is 0 Å². The molecule has 1 saturated carbocycles. The molecule has 3 fully saturated rings. The maximum absolute atomic E-state index is 13.1. The topological polar surface area (TPSA) is 41.7 Å². The van der Waals surface area contributed by atoms with Gasteiger partial charge in [0.15, 0.2) is 5.78 Å². The molecule has 2 atom stereocenters. The lowest BCUT2D eigenvalue weighted by molar-refractivity contribution is -0.133. The van der Waals surface area contributed by atoms with Gasteiger partial charge in [0.25, 0.3) is 4.99 Å². The SMILES string of the molecule is [C-]#[N+]C(C(=O)[C@H]1CN(C)C(=O)[C@@H]1C1CCCCC1)=S1CCCC1. The Morgan fingerprint density at radius 3 is 2.43 bits per heavy atom. The summed E-state index contributed by atoms with van der Waals surface area (Å²) in [6, 6.07) is 0. The van der Waals surface area contributed by atoms with Crippen LogP contribution in [0.1, 0.15) is 44.9 Å². The molecule has 2 aliphatic heterocycles. The number of carbonyl (C=O) groups is 2. The molecule has 0 N–H and O–H groups in total. The molecule has 0 aromatic rings. The van der Waals surface area contributed by atoms with Gasteiger partial charge >= 0.3 is 0 Å². The lowest BCUT2D eigenvalue weighted by Crippen LogP contribution is -2.34. The van der Waals surface area contributed by atoms with E-state index in [2.05, 4.69) is 4.85 Å². The summed E-state index contributed by atoms with van der Waals surface area (Å²) in [5.74, 6) is 2.02. The molecule has 1 aliphatic carbocycles. The highest BCUT2D eigenvalue weighted by Crippen LogP contribution is 2.40. The molecule has 0 radical (unpaired) electrons. The number of hydrogen-bond donors (Lipinski definition) is 0. The second-order valence-electron chi connectivity index (χ2n) is 7.14. The average Bonchev–Trinajstić information content (AvgIpc) is 3.18. The Labute approximate surface area is 141 Å². The van der Waals surface area contributed by atoms with Gasteiger partial charge in [-0.2, -0.15) is 10.5 Å². The molecule has 23 heavy (non-hydrogen) atoms. The summed E-state index contributed by atoms with van der Waals surface area (Å²) < 4.78 is 0. The summed E-state index contributed by atoms with van der Waals surface area (Å²) in [6.45, 7) is 8.01. The molecular formula is C18H26N2O2S. The molecule has 3 rings (SSSR count). The van der Waals surface area contributed by atoms with Gasteiger partial charge in [0.1, 0.15) is 0 Å². The monoisotopic (exact) mass is 334 g/mol.